The van der Waals surface area contributed by atoms with Gasteiger partial charge in [0.2, 0.25) is 0 Å². The van der Waals surface area contributed by atoms with Crippen molar-refractivity contribution in [2.24, 2.45) is 0 Å². The Morgan fingerprint density at radius 3 is 2.48 bits per heavy atom. The lowest BCUT2D eigenvalue weighted by molar-refractivity contribution is -0.0868. The summed E-state index contributed by atoms with van der Waals surface area (Å²) in [6.07, 6.45) is 5.77. The van der Waals surface area contributed by atoms with Gasteiger partial charge >= 0.3 is 5.51 Å². The molecule has 1 aromatic heterocycles. The van der Waals surface area contributed by atoms with Crippen LogP contribution >= 0.6 is 10.5 Å². The maximum absolute atomic E-state index is 13.6. The molecule has 0 N–H and O–H groups in total. The van der Waals surface area contributed by atoms with E-state index in [2.05, 4.69) is 6.92 Å². The standard InChI is InChI=1S/C17H20F3S/c1-2-5-12-8-9-14-11-16(13-6-3-4-7-13)21(15(14)10-12)17(18,19)20/h8-11,13H,2-7H2,1H3/q+1. The average Bonchev–Trinajstić information content (AvgIpc) is 3.04. The number of rotatable bonds is 3. The van der Waals surface area contributed by atoms with Crippen molar-refractivity contribution in [3.05, 3.63) is 34.7 Å². The molecule has 1 unspecified atom stereocenters. The molecule has 0 amide bonds. The Morgan fingerprint density at radius 1 is 1.14 bits per heavy atom. The largest absolute Gasteiger partial charge is 0.600 e. The Morgan fingerprint density at radius 2 is 1.86 bits per heavy atom. The van der Waals surface area contributed by atoms with Crippen molar-refractivity contribution in [3.8, 4) is 0 Å². The summed E-state index contributed by atoms with van der Waals surface area (Å²) in [5, 5.41) is 0.789. The average molecular weight is 313 g/mol. The quantitative estimate of drug-likeness (QED) is 0.555. The minimum Gasteiger partial charge on any atom is -0.118 e. The zero-order valence-electron chi connectivity index (χ0n) is 12.2. The van der Waals surface area contributed by atoms with Crippen LogP contribution in [0.25, 0.3) is 10.1 Å². The van der Waals surface area contributed by atoms with Gasteiger partial charge in [0.15, 0.2) is 9.58 Å². The van der Waals surface area contributed by atoms with Crippen LogP contribution in [-0.4, -0.2) is 0 Å². The van der Waals surface area contributed by atoms with Crippen molar-refractivity contribution >= 4 is 20.6 Å². The molecular weight excluding hydrogens is 293 g/mol. The molecule has 0 aliphatic heterocycles. The minimum absolute atomic E-state index is 0.136. The second kappa shape index (κ2) is 5.64. The molecule has 0 bridgehead atoms. The smallest absolute Gasteiger partial charge is 0.118 e. The minimum atomic E-state index is -4.15. The van der Waals surface area contributed by atoms with Crippen LogP contribution in [0.3, 0.4) is 0 Å². The lowest BCUT2D eigenvalue weighted by atomic mass is 10.1. The molecule has 21 heavy (non-hydrogen) atoms. The molecule has 3 rings (SSSR count). The highest BCUT2D eigenvalue weighted by molar-refractivity contribution is 7.38. The van der Waals surface area contributed by atoms with Gasteiger partial charge in [-0.25, -0.2) is 0 Å². The van der Waals surface area contributed by atoms with E-state index in [0.717, 1.165) is 49.5 Å². The molecule has 0 saturated heterocycles. The molecule has 1 atom stereocenters. The van der Waals surface area contributed by atoms with Crippen molar-refractivity contribution in [2.75, 3.05) is 0 Å². The summed E-state index contributed by atoms with van der Waals surface area (Å²) in [6, 6.07) is 7.49. The highest BCUT2D eigenvalue weighted by atomic mass is 32.2. The molecule has 1 fully saturated rings. The second-order valence-electron chi connectivity index (χ2n) is 5.90. The van der Waals surface area contributed by atoms with E-state index in [1.54, 1.807) is 6.07 Å². The monoisotopic (exact) mass is 313 g/mol. The van der Waals surface area contributed by atoms with Gasteiger partial charge in [0, 0.05) is 23.4 Å². The van der Waals surface area contributed by atoms with Gasteiger partial charge in [-0.1, -0.05) is 32.3 Å². The maximum Gasteiger partial charge on any atom is 0.600 e. The predicted octanol–water partition coefficient (Wildman–Crippen LogP) is 6.68. The molecule has 1 saturated carbocycles. The van der Waals surface area contributed by atoms with E-state index < -0.39 is 16.0 Å². The van der Waals surface area contributed by atoms with Gasteiger partial charge in [-0.3, -0.25) is 0 Å². The fraction of sp³-hybridized carbons (Fsp3) is 0.529. The number of alkyl halides is 3. The van der Waals surface area contributed by atoms with Crippen LogP contribution in [0.5, 0.6) is 0 Å². The first-order valence-corrected chi connectivity index (χ1v) is 8.89. The zero-order chi connectivity index (χ0) is 15.0. The Hall–Kier alpha value is -1.03. The summed E-state index contributed by atoms with van der Waals surface area (Å²) in [7, 11) is -1.70. The number of halogens is 3. The molecule has 0 spiro atoms. The Balaban J connectivity index is 2.17. The van der Waals surface area contributed by atoms with Crippen LogP contribution in [0.4, 0.5) is 13.2 Å². The SMILES string of the molecule is CCCc1ccc2cc(C3CCCC3)[s+](C(F)(F)F)c2c1. The summed E-state index contributed by atoms with van der Waals surface area (Å²) in [5.41, 5.74) is -3.12. The van der Waals surface area contributed by atoms with E-state index in [4.69, 9.17) is 0 Å². The van der Waals surface area contributed by atoms with Crippen LogP contribution in [0.2, 0.25) is 0 Å². The number of hydrogen-bond acceptors (Lipinski definition) is 0. The highest BCUT2D eigenvalue weighted by Gasteiger charge is 2.49. The summed E-state index contributed by atoms with van der Waals surface area (Å²) < 4.78 is 41.4. The van der Waals surface area contributed by atoms with E-state index in [-0.39, 0.29) is 5.92 Å². The van der Waals surface area contributed by atoms with Crippen molar-refractivity contribution in [1.29, 1.82) is 0 Å². The van der Waals surface area contributed by atoms with Crippen molar-refractivity contribution < 1.29 is 13.2 Å². The van der Waals surface area contributed by atoms with Gasteiger partial charge in [0.05, 0.1) is 10.5 Å². The lowest BCUT2D eigenvalue weighted by Crippen LogP contribution is -2.00. The number of aryl methyl sites for hydroxylation is 1. The summed E-state index contributed by atoms with van der Waals surface area (Å²) in [6.45, 7) is 2.05. The first kappa shape index (κ1) is 14.9. The lowest BCUT2D eigenvalue weighted by Gasteiger charge is -2.05. The van der Waals surface area contributed by atoms with Gasteiger partial charge in [-0.05, 0) is 30.9 Å². The molecule has 4 heteroatoms. The Kier molecular flexibility index (Phi) is 4.00. The van der Waals surface area contributed by atoms with Crippen LogP contribution < -0.4 is 0 Å². The van der Waals surface area contributed by atoms with Gasteiger partial charge in [-0.15, -0.1) is 13.2 Å². The molecule has 1 aromatic carbocycles. The first-order valence-electron chi connectivity index (χ1n) is 7.66. The number of thiophene rings is 1. The van der Waals surface area contributed by atoms with Crippen molar-refractivity contribution in [1.82, 2.24) is 0 Å². The van der Waals surface area contributed by atoms with E-state index in [1.165, 1.54) is 0 Å². The van der Waals surface area contributed by atoms with Crippen LogP contribution in [0.1, 0.15) is 55.4 Å². The highest BCUT2D eigenvalue weighted by Crippen LogP contribution is 2.55. The molecule has 1 aliphatic rings. The van der Waals surface area contributed by atoms with Crippen molar-refractivity contribution in [2.45, 2.75) is 56.9 Å². The third-order valence-electron chi connectivity index (χ3n) is 4.36. The molecule has 2 aromatic rings. The van der Waals surface area contributed by atoms with E-state index in [1.807, 2.05) is 18.2 Å². The number of hydrogen-bond donors (Lipinski definition) is 0. The van der Waals surface area contributed by atoms with E-state index >= 15 is 0 Å². The predicted molar refractivity (Wildman–Crippen MR) is 82.9 cm³/mol. The fourth-order valence-electron chi connectivity index (χ4n) is 3.41. The molecule has 114 valence electrons. The molecule has 0 radical (unpaired) electrons. The molecule has 0 nitrogen and oxygen atoms in total. The van der Waals surface area contributed by atoms with E-state index in [9.17, 15) is 13.2 Å². The topological polar surface area (TPSA) is 0 Å². The molecular formula is C17H20F3S+. The maximum atomic E-state index is 13.6. The summed E-state index contributed by atoms with van der Waals surface area (Å²) in [5.74, 6) is 0.136. The van der Waals surface area contributed by atoms with Gasteiger partial charge < -0.3 is 0 Å². The summed E-state index contributed by atoms with van der Waals surface area (Å²) in [4.78, 5) is 0.642. The van der Waals surface area contributed by atoms with Crippen LogP contribution in [0, 0.1) is 0 Å². The Bertz CT molecular complexity index is 633. The second-order valence-corrected chi connectivity index (χ2v) is 7.89. The first-order chi connectivity index (χ1) is 10.0. The third kappa shape index (κ3) is 2.83. The zero-order valence-corrected chi connectivity index (χ0v) is 13.0. The summed E-state index contributed by atoms with van der Waals surface area (Å²) >= 11 is 0. The normalized spacial score (nSPS) is 17.8. The van der Waals surface area contributed by atoms with Crippen molar-refractivity contribution in [3.63, 3.8) is 0 Å². The number of fused-ring (bicyclic) bond motifs is 1. The van der Waals surface area contributed by atoms with Gasteiger partial charge in [-0.2, -0.15) is 0 Å². The fourth-order valence-corrected chi connectivity index (χ4v) is 5.63. The number of benzene rings is 1. The van der Waals surface area contributed by atoms with Crippen LogP contribution in [0.15, 0.2) is 24.3 Å². The van der Waals surface area contributed by atoms with Crippen LogP contribution in [-0.2, 0) is 11.9 Å². The third-order valence-corrected chi connectivity index (χ3v) is 6.54. The molecule has 1 aliphatic carbocycles. The van der Waals surface area contributed by atoms with Gasteiger partial charge in [0.1, 0.15) is 0 Å². The van der Waals surface area contributed by atoms with Gasteiger partial charge in [0.25, 0.3) is 0 Å². The molecule has 1 heterocycles. The Labute approximate surface area is 125 Å². The van der Waals surface area contributed by atoms with E-state index in [0.29, 0.717) is 9.58 Å².